The maximum atomic E-state index is 13.1. The minimum Gasteiger partial charge on any atom is -0.340 e. The van der Waals surface area contributed by atoms with E-state index in [4.69, 9.17) is 0 Å². The second-order valence-corrected chi connectivity index (χ2v) is 10.1. The summed E-state index contributed by atoms with van der Waals surface area (Å²) in [5, 5.41) is 0. The van der Waals surface area contributed by atoms with E-state index in [0.717, 1.165) is 64.2 Å². The zero-order valence-corrected chi connectivity index (χ0v) is 19.8. The molecule has 2 saturated heterocycles. The Bertz CT molecular complexity index is 1040. The van der Waals surface area contributed by atoms with E-state index in [1.165, 1.54) is 11.1 Å². The number of rotatable bonds is 3. The molecule has 6 heteroatoms. The maximum absolute atomic E-state index is 13.1. The Kier molecular flexibility index (Phi) is 5.95. The van der Waals surface area contributed by atoms with Crippen LogP contribution in [-0.4, -0.2) is 77.8 Å². The fraction of sp³-hybridized carbons (Fsp3) is 0.519. The van der Waals surface area contributed by atoms with Crippen molar-refractivity contribution in [1.29, 1.82) is 0 Å². The van der Waals surface area contributed by atoms with Crippen molar-refractivity contribution < 1.29 is 9.59 Å². The third-order valence-electron chi connectivity index (χ3n) is 8.00. The Hall–Kier alpha value is -2.73. The molecule has 1 atom stereocenters. The van der Waals surface area contributed by atoms with Crippen LogP contribution < -0.4 is 0 Å². The predicted octanol–water partition coefficient (Wildman–Crippen LogP) is 3.22. The van der Waals surface area contributed by atoms with Gasteiger partial charge in [0.05, 0.1) is 0 Å². The van der Waals surface area contributed by atoms with Gasteiger partial charge in [-0.25, -0.2) is 4.98 Å². The third-order valence-corrected chi connectivity index (χ3v) is 8.00. The average molecular weight is 447 g/mol. The van der Waals surface area contributed by atoms with Crippen molar-refractivity contribution in [2.45, 2.75) is 43.9 Å². The standard InChI is InChI=1S/C27H34N4O2/c1-20-6-5-9-24(28-20)26(33)31-12-10-27(11-13-31)19-21(22-7-3-4-8-23(22)27)18-25(32)30-16-14-29(2)15-17-30/h3-9,21H,10-19H2,1-2H3/t21-/m1/s1. The van der Waals surface area contributed by atoms with Crippen molar-refractivity contribution >= 4 is 11.8 Å². The van der Waals surface area contributed by atoms with Crippen molar-refractivity contribution in [2.75, 3.05) is 46.3 Å². The number of nitrogens with zero attached hydrogens (tertiary/aromatic N) is 4. The van der Waals surface area contributed by atoms with Gasteiger partial charge in [-0.15, -0.1) is 0 Å². The Morgan fingerprint density at radius 1 is 0.939 bits per heavy atom. The number of amides is 2. The molecule has 0 radical (unpaired) electrons. The first kappa shape index (κ1) is 22.1. The SMILES string of the molecule is Cc1cccc(C(=O)N2CCC3(CC2)C[C@@H](CC(=O)N2CCN(C)CC2)c2ccccc23)n1. The maximum Gasteiger partial charge on any atom is 0.272 e. The van der Waals surface area contributed by atoms with E-state index in [2.05, 4.69) is 41.2 Å². The zero-order chi connectivity index (χ0) is 23.0. The molecule has 0 saturated carbocycles. The van der Waals surface area contributed by atoms with Gasteiger partial charge in [-0.3, -0.25) is 9.59 Å². The minimum atomic E-state index is 0.0293. The zero-order valence-electron chi connectivity index (χ0n) is 19.8. The van der Waals surface area contributed by atoms with Gasteiger partial charge < -0.3 is 14.7 Å². The highest BCUT2D eigenvalue weighted by Gasteiger charge is 2.46. The smallest absolute Gasteiger partial charge is 0.272 e. The van der Waals surface area contributed by atoms with E-state index < -0.39 is 0 Å². The molecule has 3 aliphatic rings. The van der Waals surface area contributed by atoms with E-state index in [-0.39, 0.29) is 23.1 Å². The molecule has 3 heterocycles. The lowest BCUT2D eigenvalue weighted by molar-refractivity contribution is -0.133. The Labute approximate surface area is 196 Å². The topological polar surface area (TPSA) is 56.8 Å². The number of carbonyl (C=O) groups excluding carboxylic acids is 2. The van der Waals surface area contributed by atoms with Gasteiger partial charge in [0.1, 0.15) is 5.69 Å². The summed E-state index contributed by atoms with van der Waals surface area (Å²) < 4.78 is 0. The first-order valence-corrected chi connectivity index (χ1v) is 12.2. The molecule has 5 rings (SSSR count). The van der Waals surface area contributed by atoms with Gasteiger partial charge in [0.15, 0.2) is 0 Å². The summed E-state index contributed by atoms with van der Waals surface area (Å²) in [5.41, 5.74) is 4.22. The Balaban J connectivity index is 1.28. The number of likely N-dealkylation sites (N-methyl/N-ethyl adjacent to an activating group) is 1. The van der Waals surface area contributed by atoms with Crippen LogP contribution in [0, 0.1) is 6.92 Å². The number of aryl methyl sites for hydroxylation is 1. The number of likely N-dealkylation sites (tertiary alicyclic amines) is 1. The average Bonchev–Trinajstić information content (AvgIpc) is 3.12. The summed E-state index contributed by atoms with van der Waals surface area (Å²) in [6, 6.07) is 14.3. The molecule has 2 aromatic rings. The van der Waals surface area contributed by atoms with E-state index in [9.17, 15) is 9.59 Å². The van der Waals surface area contributed by atoms with Crippen LogP contribution in [0.4, 0.5) is 0 Å². The molecule has 1 aromatic heterocycles. The second kappa shape index (κ2) is 8.90. The minimum absolute atomic E-state index is 0.0293. The Morgan fingerprint density at radius 2 is 1.67 bits per heavy atom. The summed E-state index contributed by atoms with van der Waals surface area (Å²) in [6.45, 7) is 6.97. The van der Waals surface area contributed by atoms with Crippen molar-refractivity contribution in [1.82, 2.24) is 19.7 Å². The van der Waals surface area contributed by atoms with Crippen LogP contribution in [0.5, 0.6) is 0 Å². The lowest BCUT2D eigenvalue weighted by Crippen LogP contribution is -2.47. The fourth-order valence-corrected chi connectivity index (χ4v) is 6.04. The van der Waals surface area contributed by atoms with Crippen LogP contribution in [0.15, 0.2) is 42.5 Å². The molecule has 6 nitrogen and oxygen atoms in total. The molecule has 2 fully saturated rings. The van der Waals surface area contributed by atoms with Gasteiger partial charge in [-0.2, -0.15) is 0 Å². The normalized spacial score (nSPS) is 22.4. The summed E-state index contributed by atoms with van der Waals surface area (Å²) in [7, 11) is 2.12. The van der Waals surface area contributed by atoms with Crippen LogP contribution >= 0.6 is 0 Å². The number of pyridine rings is 1. The predicted molar refractivity (Wildman–Crippen MR) is 128 cm³/mol. The number of piperidine rings is 1. The molecule has 2 amide bonds. The number of fused-ring (bicyclic) bond motifs is 2. The molecule has 0 unspecified atom stereocenters. The van der Waals surface area contributed by atoms with Crippen LogP contribution in [-0.2, 0) is 10.2 Å². The number of piperazine rings is 1. The first-order valence-electron chi connectivity index (χ1n) is 12.2. The van der Waals surface area contributed by atoms with E-state index in [1.807, 2.05) is 34.9 Å². The third kappa shape index (κ3) is 4.29. The van der Waals surface area contributed by atoms with Gasteiger partial charge in [0, 0.05) is 51.4 Å². The van der Waals surface area contributed by atoms with Crippen LogP contribution in [0.2, 0.25) is 0 Å². The fourth-order valence-electron chi connectivity index (χ4n) is 6.04. The van der Waals surface area contributed by atoms with Gasteiger partial charge in [-0.05, 0) is 67.8 Å². The lowest BCUT2D eigenvalue weighted by Gasteiger charge is -2.40. The van der Waals surface area contributed by atoms with Crippen LogP contribution in [0.3, 0.4) is 0 Å². The van der Waals surface area contributed by atoms with Crippen molar-refractivity contribution in [3.05, 3.63) is 65.0 Å². The second-order valence-electron chi connectivity index (χ2n) is 10.1. The van der Waals surface area contributed by atoms with E-state index in [1.54, 1.807) is 0 Å². The Morgan fingerprint density at radius 3 is 2.39 bits per heavy atom. The first-order chi connectivity index (χ1) is 15.9. The summed E-state index contributed by atoms with van der Waals surface area (Å²) in [6.07, 6.45) is 3.50. The van der Waals surface area contributed by atoms with E-state index >= 15 is 0 Å². The summed E-state index contributed by atoms with van der Waals surface area (Å²) >= 11 is 0. The highest BCUT2D eigenvalue weighted by atomic mass is 16.2. The molecule has 0 N–H and O–H groups in total. The highest BCUT2D eigenvalue weighted by Crippen LogP contribution is 2.52. The molecule has 0 bridgehead atoms. The molecule has 1 spiro atoms. The number of benzene rings is 1. The molecule has 2 aliphatic heterocycles. The van der Waals surface area contributed by atoms with Crippen molar-refractivity contribution in [2.24, 2.45) is 0 Å². The van der Waals surface area contributed by atoms with Gasteiger partial charge in [0.25, 0.3) is 5.91 Å². The molecular formula is C27H34N4O2. The summed E-state index contributed by atoms with van der Waals surface area (Å²) in [4.78, 5) is 36.8. The summed E-state index contributed by atoms with van der Waals surface area (Å²) in [5.74, 6) is 0.591. The van der Waals surface area contributed by atoms with Crippen molar-refractivity contribution in [3.63, 3.8) is 0 Å². The number of hydrogen-bond donors (Lipinski definition) is 0. The van der Waals surface area contributed by atoms with Gasteiger partial charge in [-0.1, -0.05) is 30.3 Å². The molecule has 1 aliphatic carbocycles. The number of aromatic nitrogens is 1. The lowest BCUT2D eigenvalue weighted by atomic mass is 9.73. The molecule has 1 aromatic carbocycles. The largest absolute Gasteiger partial charge is 0.340 e. The molecule has 33 heavy (non-hydrogen) atoms. The number of hydrogen-bond acceptors (Lipinski definition) is 4. The highest BCUT2D eigenvalue weighted by molar-refractivity contribution is 5.92. The van der Waals surface area contributed by atoms with Gasteiger partial charge in [0.2, 0.25) is 5.91 Å². The monoisotopic (exact) mass is 446 g/mol. The number of carbonyl (C=O) groups is 2. The van der Waals surface area contributed by atoms with Gasteiger partial charge >= 0.3 is 0 Å². The molecule has 174 valence electrons. The molecular weight excluding hydrogens is 412 g/mol. The van der Waals surface area contributed by atoms with E-state index in [0.29, 0.717) is 12.1 Å². The van der Waals surface area contributed by atoms with Crippen molar-refractivity contribution in [3.8, 4) is 0 Å². The quantitative estimate of drug-likeness (QED) is 0.727. The van der Waals surface area contributed by atoms with Crippen LogP contribution in [0.25, 0.3) is 0 Å². The van der Waals surface area contributed by atoms with Crippen LogP contribution in [0.1, 0.15) is 58.9 Å².